The molecule has 1 N–H and O–H groups in total. The van der Waals surface area contributed by atoms with Crippen molar-refractivity contribution >= 4 is 11.9 Å². The minimum absolute atomic E-state index is 0.289. The Kier molecular flexibility index (Phi) is 4.65. The van der Waals surface area contributed by atoms with Crippen LogP contribution < -0.4 is 5.32 Å². The minimum atomic E-state index is -0.289. The van der Waals surface area contributed by atoms with Gasteiger partial charge in [0.1, 0.15) is 5.69 Å². The van der Waals surface area contributed by atoms with E-state index in [9.17, 15) is 4.79 Å². The number of nitrogens with zero attached hydrogens (tertiary/aromatic N) is 5. The first-order valence-corrected chi connectivity index (χ1v) is 8.42. The van der Waals surface area contributed by atoms with Crippen molar-refractivity contribution in [1.29, 1.82) is 0 Å². The molecule has 0 bridgehead atoms. The molecule has 0 atom stereocenters. The zero-order valence-electron chi connectivity index (χ0n) is 14.4. The van der Waals surface area contributed by atoms with Crippen LogP contribution in [-0.4, -0.2) is 30.6 Å². The van der Waals surface area contributed by atoms with Crippen LogP contribution in [0.1, 0.15) is 15.9 Å². The van der Waals surface area contributed by atoms with Crippen LogP contribution in [0.15, 0.2) is 79.3 Å². The third-order valence-electron chi connectivity index (χ3n) is 3.91. The molecule has 132 valence electrons. The van der Waals surface area contributed by atoms with E-state index < -0.39 is 0 Å². The van der Waals surface area contributed by atoms with Gasteiger partial charge in [0, 0.05) is 30.7 Å². The number of benzene rings is 1. The fourth-order valence-corrected chi connectivity index (χ4v) is 2.57. The highest BCUT2D eigenvalue weighted by molar-refractivity contribution is 5.96. The summed E-state index contributed by atoms with van der Waals surface area (Å²) in [6.07, 6.45) is 4.81. The van der Waals surface area contributed by atoms with E-state index in [4.69, 9.17) is 0 Å². The number of carbonyl (C=O) groups is 1. The highest BCUT2D eigenvalue weighted by Gasteiger charge is 2.19. The van der Waals surface area contributed by atoms with E-state index in [-0.39, 0.29) is 5.91 Å². The molecule has 0 aliphatic heterocycles. The van der Waals surface area contributed by atoms with Crippen LogP contribution in [0.3, 0.4) is 0 Å². The van der Waals surface area contributed by atoms with Gasteiger partial charge in [0.15, 0.2) is 0 Å². The van der Waals surface area contributed by atoms with E-state index >= 15 is 0 Å². The van der Waals surface area contributed by atoms with Crippen LogP contribution in [-0.2, 0) is 6.54 Å². The molecular formula is C20H16N6O. The smallest absolute Gasteiger partial charge is 0.281 e. The van der Waals surface area contributed by atoms with Crippen molar-refractivity contribution in [2.24, 2.45) is 0 Å². The molecule has 0 saturated carbocycles. The van der Waals surface area contributed by atoms with Gasteiger partial charge in [-0.2, -0.15) is 9.67 Å². The molecule has 27 heavy (non-hydrogen) atoms. The fraction of sp³-hybridized carbons (Fsp3) is 0.0500. The van der Waals surface area contributed by atoms with Gasteiger partial charge in [-0.1, -0.05) is 36.4 Å². The molecular weight excluding hydrogens is 340 g/mol. The summed E-state index contributed by atoms with van der Waals surface area (Å²) in [4.78, 5) is 25.6. The normalized spacial score (nSPS) is 10.5. The number of rotatable bonds is 5. The summed E-state index contributed by atoms with van der Waals surface area (Å²) in [5, 5.41) is 7.58. The first-order chi connectivity index (χ1) is 13.3. The Labute approximate surface area is 155 Å². The number of anilines is 1. The number of nitrogens with one attached hydrogen (secondary N) is 1. The summed E-state index contributed by atoms with van der Waals surface area (Å²) in [5.74, 6) is 0.456. The largest absolute Gasteiger partial charge is 0.350 e. The number of hydrogen-bond acceptors (Lipinski definition) is 6. The molecule has 4 aromatic rings. The van der Waals surface area contributed by atoms with Gasteiger partial charge < -0.3 is 5.32 Å². The second-order valence-electron chi connectivity index (χ2n) is 5.77. The van der Waals surface area contributed by atoms with Crippen LogP contribution >= 0.6 is 0 Å². The highest BCUT2D eigenvalue weighted by Crippen LogP contribution is 2.17. The minimum Gasteiger partial charge on any atom is -0.350 e. The lowest BCUT2D eigenvalue weighted by molar-refractivity contribution is 0.0947. The SMILES string of the molecule is O=C(c1ccncc1)n1nc(-c2ccccn2)nc1NCc1ccccc1. The summed E-state index contributed by atoms with van der Waals surface area (Å²) in [6, 6.07) is 18.6. The lowest BCUT2D eigenvalue weighted by atomic mass is 10.2. The summed E-state index contributed by atoms with van der Waals surface area (Å²) in [7, 11) is 0. The van der Waals surface area contributed by atoms with Gasteiger partial charge >= 0.3 is 0 Å². The Bertz CT molecular complexity index is 1030. The molecule has 1 aromatic carbocycles. The summed E-state index contributed by atoms with van der Waals surface area (Å²) in [6.45, 7) is 0.519. The summed E-state index contributed by atoms with van der Waals surface area (Å²) >= 11 is 0. The zero-order chi connectivity index (χ0) is 18.5. The molecule has 3 aromatic heterocycles. The van der Waals surface area contributed by atoms with Crippen molar-refractivity contribution in [2.45, 2.75) is 6.54 Å². The Balaban J connectivity index is 1.69. The second kappa shape index (κ2) is 7.57. The molecule has 7 heteroatoms. The van der Waals surface area contributed by atoms with Gasteiger partial charge in [-0.15, -0.1) is 5.10 Å². The summed E-state index contributed by atoms with van der Waals surface area (Å²) < 4.78 is 1.27. The van der Waals surface area contributed by atoms with Crippen molar-refractivity contribution in [3.63, 3.8) is 0 Å². The predicted octanol–water partition coefficient (Wildman–Crippen LogP) is 3.04. The Morgan fingerprint density at radius 2 is 1.70 bits per heavy atom. The maximum Gasteiger partial charge on any atom is 0.281 e. The molecule has 0 aliphatic rings. The molecule has 0 amide bonds. The molecule has 3 heterocycles. The van der Waals surface area contributed by atoms with E-state index in [1.807, 2.05) is 42.5 Å². The van der Waals surface area contributed by atoms with Crippen molar-refractivity contribution in [2.75, 3.05) is 5.32 Å². The standard InChI is InChI=1S/C20H16N6O/c27-19(16-9-12-21-13-10-16)26-20(23-14-15-6-2-1-3-7-15)24-18(25-26)17-8-4-5-11-22-17/h1-13H,14H2,(H,23,24,25). The van der Waals surface area contributed by atoms with Crippen molar-refractivity contribution in [3.05, 3.63) is 90.4 Å². The van der Waals surface area contributed by atoms with Gasteiger partial charge in [0.05, 0.1) is 0 Å². The van der Waals surface area contributed by atoms with Crippen molar-refractivity contribution in [1.82, 2.24) is 24.7 Å². The lowest BCUT2D eigenvalue weighted by Gasteiger charge is -2.07. The van der Waals surface area contributed by atoms with Gasteiger partial charge in [-0.05, 0) is 29.8 Å². The first-order valence-electron chi connectivity index (χ1n) is 8.42. The average Bonchev–Trinajstić information content (AvgIpc) is 3.18. The van der Waals surface area contributed by atoms with E-state index in [0.29, 0.717) is 29.6 Å². The van der Waals surface area contributed by atoms with Gasteiger partial charge in [-0.3, -0.25) is 14.8 Å². The van der Waals surface area contributed by atoms with Gasteiger partial charge in [-0.25, -0.2) is 0 Å². The summed E-state index contributed by atoms with van der Waals surface area (Å²) in [5.41, 5.74) is 2.15. The van der Waals surface area contributed by atoms with Crippen molar-refractivity contribution < 1.29 is 4.79 Å². The van der Waals surface area contributed by atoms with Crippen LogP contribution in [0.4, 0.5) is 5.95 Å². The second-order valence-corrected chi connectivity index (χ2v) is 5.77. The Hall–Kier alpha value is -3.87. The van der Waals surface area contributed by atoms with Gasteiger partial charge in [0.2, 0.25) is 11.8 Å². The number of carbonyl (C=O) groups excluding carboxylic acids is 1. The number of hydrogen-bond donors (Lipinski definition) is 1. The van der Waals surface area contributed by atoms with E-state index in [1.165, 1.54) is 4.68 Å². The quantitative estimate of drug-likeness (QED) is 0.591. The van der Waals surface area contributed by atoms with E-state index in [1.54, 1.807) is 36.8 Å². The van der Waals surface area contributed by atoms with E-state index in [0.717, 1.165) is 5.56 Å². The molecule has 0 spiro atoms. The number of aromatic nitrogens is 5. The third kappa shape index (κ3) is 3.72. The maximum absolute atomic E-state index is 12.9. The lowest BCUT2D eigenvalue weighted by Crippen LogP contribution is -2.17. The number of pyridine rings is 2. The highest BCUT2D eigenvalue weighted by atomic mass is 16.2. The first kappa shape index (κ1) is 16.6. The van der Waals surface area contributed by atoms with Gasteiger partial charge in [0.25, 0.3) is 5.91 Å². The average molecular weight is 356 g/mol. The Morgan fingerprint density at radius 1 is 0.926 bits per heavy atom. The zero-order valence-corrected chi connectivity index (χ0v) is 14.4. The van der Waals surface area contributed by atoms with Crippen LogP contribution in [0, 0.1) is 0 Å². The molecule has 4 rings (SSSR count). The molecule has 0 fully saturated rings. The fourth-order valence-electron chi connectivity index (χ4n) is 2.57. The topological polar surface area (TPSA) is 85.6 Å². The van der Waals surface area contributed by atoms with Crippen molar-refractivity contribution in [3.8, 4) is 11.5 Å². The monoisotopic (exact) mass is 356 g/mol. The van der Waals surface area contributed by atoms with Crippen LogP contribution in [0.5, 0.6) is 0 Å². The van der Waals surface area contributed by atoms with E-state index in [2.05, 4.69) is 25.4 Å². The predicted molar refractivity (Wildman–Crippen MR) is 101 cm³/mol. The molecule has 7 nitrogen and oxygen atoms in total. The van der Waals surface area contributed by atoms with Crippen LogP contribution in [0.2, 0.25) is 0 Å². The Morgan fingerprint density at radius 3 is 2.44 bits per heavy atom. The maximum atomic E-state index is 12.9. The van der Waals surface area contributed by atoms with Crippen LogP contribution in [0.25, 0.3) is 11.5 Å². The third-order valence-corrected chi connectivity index (χ3v) is 3.91. The molecule has 0 unspecified atom stereocenters. The molecule has 0 radical (unpaired) electrons. The molecule has 0 saturated heterocycles. The molecule has 0 aliphatic carbocycles.